The van der Waals surface area contributed by atoms with Crippen LogP contribution in [-0.4, -0.2) is 147 Å². The molecule has 0 saturated carbocycles. The predicted molar refractivity (Wildman–Crippen MR) is 216 cm³/mol. The Morgan fingerprint density at radius 3 is 2.37 bits per heavy atom. The summed E-state index contributed by atoms with van der Waals surface area (Å²) in [7, 11) is 5.19. The lowest BCUT2D eigenvalue weighted by molar-refractivity contribution is -0.295. The summed E-state index contributed by atoms with van der Waals surface area (Å²) in [5, 5.41) is 22.6. The molecule has 3 aliphatic rings. The van der Waals surface area contributed by atoms with Crippen molar-refractivity contribution in [1.29, 1.82) is 0 Å². The van der Waals surface area contributed by atoms with Gasteiger partial charge in [0, 0.05) is 68.1 Å². The average Bonchev–Trinajstić information content (AvgIpc) is 3.82. The zero-order valence-electron chi connectivity index (χ0n) is 36.3. The van der Waals surface area contributed by atoms with Crippen molar-refractivity contribution in [3.63, 3.8) is 0 Å². The fourth-order valence-electron chi connectivity index (χ4n) is 9.44. The van der Waals surface area contributed by atoms with Gasteiger partial charge in [-0.05, 0) is 79.1 Å². The number of carbonyl (C=O) groups is 4. The molecule has 59 heavy (non-hydrogen) atoms. The topological polar surface area (TPSA) is 192 Å². The summed E-state index contributed by atoms with van der Waals surface area (Å²) in [4.78, 5) is 69.0. The van der Waals surface area contributed by atoms with E-state index in [1.165, 1.54) is 18.9 Å². The van der Waals surface area contributed by atoms with Crippen LogP contribution < -0.4 is 0 Å². The Balaban J connectivity index is 1.46. The fourth-order valence-corrected chi connectivity index (χ4v) is 9.44. The quantitative estimate of drug-likeness (QED) is 0.178. The first kappa shape index (κ1) is 46.3. The Hall–Kier alpha value is -3.80. The number of amides is 1. The molecule has 16 heteroatoms. The second-order valence-electron chi connectivity index (χ2n) is 17.3. The van der Waals surface area contributed by atoms with Crippen molar-refractivity contribution in [2.45, 2.75) is 141 Å². The number of imidazole rings is 1. The van der Waals surface area contributed by atoms with Gasteiger partial charge >= 0.3 is 12.1 Å². The monoisotopic (exact) mass is 827 g/mol. The van der Waals surface area contributed by atoms with Crippen molar-refractivity contribution in [2.24, 2.45) is 23.7 Å². The Bertz CT molecular complexity index is 1760. The summed E-state index contributed by atoms with van der Waals surface area (Å²) in [6.45, 7) is 12.0. The molecule has 0 aliphatic carbocycles. The number of hydrogen-bond donors (Lipinski definition) is 2. The summed E-state index contributed by atoms with van der Waals surface area (Å²) in [5.74, 6) is -5.58. The van der Waals surface area contributed by atoms with Gasteiger partial charge in [0.05, 0.1) is 42.5 Å². The minimum absolute atomic E-state index is 0.0695. The number of carbonyl (C=O) groups excluding carboxylic acids is 4. The Morgan fingerprint density at radius 1 is 1.03 bits per heavy atom. The summed E-state index contributed by atoms with van der Waals surface area (Å²) in [6.07, 6.45) is 3.51. The Kier molecular flexibility index (Phi) is 15.1. The van der Waals surface area contributed by atoms with Gasteiger partial charge in [0.2, 0.25) is 0 Å². The van der Waals surface area contributed by atoms with Gasteiger partial charge in [-0.15, -0.1) is 0 Å². The molecule has 1 amide bonds. The number of methoxy groups -OCH3 is 1. The summed E-state index contributed by atoms with van der Waals surface area (Å²) in [5.41, 5.74) is -1.44. The van der Waals surface area contributed by atoms with E-state index in [4.69, 9.17) is 23.7 Å². The van der Waals surface area contributed by atoms with Crippen molar-refractivity contribution in [2.75, 3.05) is 34.4 Å². The van der Waals surface area contributed by atoms with Crippen LogP contribution in [0.25, 0.3) is 11.3 Å². The standard InChI is InChI=1S/C43H65N5O11/c1-11-33-43(23-49)37(48(41(54)59-43)18-13-12-17-47-22-31(45-24-47)30-15-14-16-44-21-30)27(4)34(50)25(2)20-42(7,55-10)38(28(5)35(51)29(6)39(53)57-33)58-40-36(52)32(46(8)9)19-26(3)56-40/h14-16,21-22,24-29,32-33,36-38,40,49,52H,11-13,17-20,23H2,1-10H3/t25-,26-,27+,28+,29-,32+,33-,36-,37-,38-,40?,42+,43-/m1/s1. The lowest BCUT2D eigenvalue weighted by Crippen LogP contribution is -2.62. The minimum atomic E-state index is -1.80. The molecule has 2 N–H and O–H groups in total. The number of fused-ring (bicyclic) bond motifs is 1. The van der Waals surface area contributed by atoms with Crippen LogP contribution >= 0.6 is 0 Å². The summed E-state index contributed by atoms with van der Waals surface area (Å²) < 4.78 is 33.0. The Labute approximate surface area is 347 Å². The van der Waals surface area contributed by atoms with E-state index in [0.29, 0.717) is 25.8 Å². The van der Waals surface area contributed by atoms with Gasteiger partial charge in [-0.3, -0.25) is 19.4 Å². The molecule has 1 unspecified atom stereocenters. The largest absolute Gasteiger partial charge is 0.457 e. The van der Waals surface area contributed by atoms with Crippen LogP contribution in [-0.2, 0) is 44.6 Å². The number of Topliss-reactive ketones (excluding diaryl/α,β-unsaturated/α-hetero) is 2. The van der Waals surface area contributed by atoms with E-state index < -0.39 is 90.0 Å². The van der Waals surface area contributed by atoms with Gasteiger partial charge in [-0.25, -0.2) is 9.78 Å². The maximum atomic E-state index is 14.7. The SMILES string of the molecule is CC[C@H]1OC(=O)[C@H](C)C(=O)[C@H](C)[C@@H](OC2O[C@H](C)C[C@H](N(C)C)[C@H]2O)[C@@](C)(OC)C[C@@H](C)C(=O)[C@H](C)[C@H]2N(CCCCn3cnc(-c4cccnc4)c3)C(=O)O[C@]12CO. The minimum Gasteiger partial charge on any atom is -0.457 e. The molecule has 0 spiro atoms. The van der Waals surface area contributed by atoms with E-state index in [1.807, 2.05) is 48.8 Å². The highest BCUT2D eigenvalue weighted by molar-refractivity contribution is 6.00. The van der Waals surface area contributed by atoms with E-state index in [9.17, 15) is 29.4 Å². The molecule has 0 aromatic carbocycles. The van der Waals surface area contributed by atoms with E-state index in [2.05, 4.69) is 9.97 Å². The van der Waals surface area contributed by atoms with Gasteiger partial charge in [-0.1, -0.05) is 27.7 Å². The third-order valence-corrected chi connectivity index (χ3v) is 12.9. The number of ether oxygens (including phenoxy) is 5. The molecule has 16 nitrogen and oxygen atoms in total. The van der Waals surface area contributed by atoms with Gasteiger partial charge in [0.1, 0.15) is 23.9 Å². The maximum absolute atomic E-state index is 14.7. The molecule has 0 bridgehead atoms. The van der Waals surface area contributed by atoms with Crippen LogP contribution in [0.5, 0.6) is 0 Å². The number of aliphatic hydroxyl groups is 2. The second kappa shape index (κ2) is 19.3. The van der Waals surface area contributed by atoms with Gasteiger partial charge < -0.3 is 48.3 Å². The number of aryl methyl sites for hydroxylation is 1. The van der Waals surface area contributed by atoms with Gasteiger partial charge in [-0.2, -0.15) is 0 Å². The van der Waals surface area contributed by atoms with Crippen molar-refractivity contribution < 1.29 is 53.1 Å². The summed E-state index contributed by atoms with van der Waals surface area (Å²) >= 11 is 0. The molecular weight excluding hydrogens is 762 g/mol. The first-order valence-corrected chi connectivity index (χ1v) is 20.9. The van der Waals surface area contributed by atoms with Crippen LogP contribution in [0.2, 0.25) is 0 Å². The lowest BCUT2D eigenvalue weighted by atomic mass is 9.73. The molecule has 3 aliphatic heterocycles. The number of aromatic nitrogens is 3. The number of cyclic esters (lactones) is 1. The van der Waals surface area contributed by atoms with Crippen molar-refractivity contribution in [3.8, 4) is 11.3 Å². The number of esters is 1. The molecule has 0 radical (unpaired) electrons. The van der Waals surface area contributed by atoms with Crippen LogP contribution in [0.3, 0.4) is 0 Å². The highest BCUT2D eigenvalue weighted by Gasteiger charge is 2.62. The number of unbranched alkanes of at least 4 members (excludes halogenated alkanes) is 1. The number of nitrogens with zero attached hydrogens (tertiary/aromatic N) is 5. The van der Waals surface area contributed by atoms with Crippen LogP contribution in [0.15, 0.2) is 37.1 Å². The summed E-state index contributed by atoms with van der Waals surface area (Å²) in [6, 6.07) is 2.45. The first-order valence-electron chi connectivity index (χ1n) is 20.9. The van der Waals surface area contributed by atoms with E-state index >= 15 is 0 Å². The zero-order chi connectivity index (χ0) is 43.4. The van der Waals surface area contributed by atoms with Gasteiger partial charge in [0.15, 0.2) is 17.7 Å². The molecule has 5 heterocycles. The molecular formula is C43H65N5O11. The van der Waals surface area contributed by atoms with Crippen LogP contribution in [0, 0.1) is 23.7 Å². The van der Waals surface area contributed by atoms with Crippen molar-refractivity contribution in [1.82, 2.24) is 24.3 Å². The van der Waals surface area contributed by atoms with Crippen LogP contribution in [0.1, 0.15) is 80.6 Å². The number of rotatable bonds is 12. The number of hydrogen-bond acceptors (Lipinski definition) is 14. The third-order valence-electron chi connectivity index (χ3n) is 12.9. The Morgan fingerprint density at radius 2 is 1.75 bits per heavy atom. The van der Waals surface area contributed by atoms with Crippen molar-refractivity contribution in [3.05, 3.63) is 37.1 Å². The van der Waals surface area contributed by atoms with Gasteiger partial charge in [0.25, 0.3) is 0 Å². The van der Waals surface area contributed by atoms with E-state index in [0.717, 1.165) is 11.3 Å². The molecule has 13 atom stereocenters. The molecule has 2 aromatic heterocycles. The highest BCUT2D eigenvalue weighted by Crippen LogP contribution is 2.43. The number of likely N-dealkylation sites (N-methyl/N-ethyl adjacent to an activating group) is 1. The normalized spacial score (nSPS) is 36.3. The fraction of sp³-hybridized carbons (Fsp3) is 0.721. The molecule has 5 rings (SSSR count). The molecule has 328 valence electrons. The second-order valence-corrected chi connectivity index (χ2v) is 17.3. The maximum Gasteiger partial charge on any atom is 0.411 e. The third kappa shape index (κ3) is 9.57. The molecule has 3 saturated heterocycles. The predicted octanol–water partition coefficient (Wildman–Crippen LogP) is 3.90. The molecule has 2 aromatic rings. The lowest BCUT2D eigenvalue weighted by Gasteiger charge is -2.47. The first-order chi connectivity index (χ1) is 27.9. The van der Waals surface area contributed by atoms with E-state index in [-0.39, 0.29) is 37.3 Å². The van der Waals surface area contributed by atoms with Crippen molar-refractivity contribution >= 4 is 23.6 Å². The molecule has 3 fully saturated rings. The smallest absolute Gasteiger partial charge is 0.411 e. The number of pyridine rings is 1. The average molecular weight is 828 g/mol. The van der Waals surface area contributed by atoms with E-state index in [1.54, 1.807) is 53.3 Å². The highest BCUT2D eigenvalue weighted by atomic mass is 16.7. The zero-order valence-corrected chi connectivity index (χ0v) is 36.3. The number of ketones is 2. The number of aliphatic hydroxyl groups excluding tert-OH is 2. The van der Waals surface area contributed by atoms with Crippen LogP contribution in [0.4, 0.5) is 4.79 Å².